The molecule has 0 aliphatic carbocycles. The number of ketones is 1. The molecule has 2 heterocycles. The van der Waals surface area contributed by atoms with Gasteiger partial charge in [0.05, 0.1) is 23.2 Å². The standard InChI is InChI=1S/C21H23BF3NO3/c1-13-10-15(22-28-19(2,3)20(4,5)29-22)6-7-17(13)18(27)12-16-11-14(8-9-26-16)21(23,24)25/h6-11H,12H2,1-5H3. The van der Waals surface area contributed by atoms with Crippen LogP contribution in [-0.2, 0) is 21.9 Å². The lowest BCUT2D eigenvalue weighted by molar-refractivity contribution is -0.137. The van der Waals surface area contributed by atoms with Gasteiger partial charge in [0, 0.05) is 17.5 Å². The maximum atomic E-state index is 12.9. The van der Waals surface area contributed by atoms with Crippen LogP contribution >= 0.6 is 0 Å². The minimum absolute atomic E-state index is 0.0826. The molecule has 0 radical (unpaired) electrons. The third-order valence-corrected chi connectivity index (χ3v) is 5.56. The number of Topliss-reactive ketones (excluding diaryl/α,β-unsaturated/α-hetero) is 1. The van der Waals surface area contributed by atoms with Gasteiger partial charge in [0.25, 0.3) is 0 Å². The minimum Gasteiger partial charge on any atom is -0.399 e. The predicted molar refractivity (Wildman–Crippen MR) is 104 cm³/mol. The monoisotopic (exact) mass is 405 g/mol. The summed E-state index contributed by atoms with van der Waals surface area (Å²) in [5, 5.41) is 0. The molecule has 0 atom stereocenters. The molecule has 1 aromatic carbocycles. The largest absolute Gasteiger partial charge is 0.494 e. The van der Waals surface area contributed by atoms with E-state index < -0.39 is 30.1 Å². The van der Waals surface area contributed by atoms with Gasteiger partial charge in [-0.3, -0.25) is 9.78 Å². The fraction of sp³-hybridized carbons (Fsp3) is 0.429. The van der Waals surface area contributed by atoms with Crippen molar-refractivity contribution in [2.24, 2.45) is 0 Å². The summed E-state index contributed by atoms with van der Waals surface area (Å²) in [4.78, 5) is 16.6. The summed E-state index contributed by atoms with van der Waals surface area (Å²) in [6.07, 6.45) is -3.61. The van der Waals surface area contributed by atoms with Crippen molar-refractivity contribution in [3.63, 3.8) is 0 Å². The van der Waals surface area contributed by atoms with E-state index in [1.54, 1.807) is 19.1 Å². The predicted octanol–water partition coefficient (Wildman–Crippen LogP) is 4.13. The quantitative estimate of drug-likeness (QED) is 0.567. The van der Waals surface area contributed by atoms with Gasteiger partial charge in [0.2, 0.25) is 0 Å². The average molecular weight is 405 g/mol. The van der Waals surface area contributed by atoms with Crippen molar-refractivity contribution in [1.29, 1.82) is 0 Å². The number of carbonyl (C=O) groups excluding carboxylic acids is 1. The van der Waals surface area contributed by atoms with Gasteiger partial charge >= 0.3 is 13.3 Å². The molecule has 3 rings (SSSR count). The Morgan fingerprint density at radius 3 is 2.24 bits per heavy atom. The number of hydrogen-bond acceptors (Lipinski definition) is 4. The number of alkyl halides is 3. The van der Waals surface area contributed by atoms with E-state index >= 15 is 0 Å². The zero-order chi connectivity index (χ0) is 21.6. The van der Waals surface area contributed by atoms with Crippen LogP contribution in [0.5, 0.6) is 0 Å². The number of rotatable bonds is 4. The van der Waals surface area contributed by atoms with Crippen LogP contribution in [0.1, 0.15) is 54.9 Å². The topological polar surface area (TPSA) is 48.4 Å². The van der Waals surface area contributed by atoms with Gasteiger partial charge in [-0.05, 0) is 57.8 Å². The molecule has 0 saturated carbocycles. The Bertz CT molecular complexity index is 925. The van der Waals surface area contributed by atoms with Crippen molar-refractivity contribution < 1.29 is 27.3 Å². The van der Waals surface area contributed by atoms with Crippen molar-refractivity contribution in [3.8, 4) is 0 Å². The maximum absolute atomic E-state index is 12.9. The molecular formula is C21H23BF3NO3. The summed E-state index contributed by atoms with van der Waals surface area (Å²) >= 11 is 0. The normalized spacial score (nSPS) is 18.1. The molecule has 0 amide bonds. The van der Waals surface area contributed by atoms with Crippen molar-refractivity contribution in [3.05, 3.63) is 58.9 Å². The fourth-order valence-corrected chi connectivity index (χ4v) is 3.14. The molecule has 1 aromatic heterocycles. The second kappa shape index (κ2) is 7.25. The molecule has 0 spiro atoms. The number of carbonyl (C=O) groups is 1. The maximum Gasteiger partial charge on any atom is 0.494 e. The molecule has 154 valence electrons. The van der Waals surface area contributed by atoms with Crippen LogP contribution in [0.25, 0.3) is 0 Å². The van der Waals surface area contributed by atoms with Gasteiger partial charge in [-0.1, -0.05) is 18.2 Å². The molecule has 1 aliphatic heterocycles. The molecule has 1 aliphatic rings. The highest BCUT2D eigenvalue weighted by molar-refractivity contribution is 6.62. The summed E-state index contributed by atoms with van der Waals surface area (Å²) in [5.74, 6) is -0.296. The second-order valence-electron chi connectivity index (χ2n) is 8.30. The summed E-state index contributed by atoms with van der Waals surface area (Å²) < 4.78 is 50.6. The van der Waals surface area contributed by atoms with E-state index in [-0.39, 0.29) is 17.9 Å². The van der Waals surface area contributed by atoms with Crippen LogP contribution in [0.15, 0.2) is 36.5 Å². The first-order valence-electron chi connectivity index (χ1n) is 9.32. The van der Waals surface area contributed by atoms with Gasteiger partial charge in [0.15, 0.2) is 5.78 Å². The zero-order valence-electron chi connectivity index (χ0n) is 17.1. The number of halogens is 3. The smallest absolute Gasteiger partial charge is 0.399 e. The van der Waals surface area contributed by atoms with E-state index in [2.05, 4.69) is 4.98 Å². The third kappa shape index (κ3) is 4.38. The number of aromatic nitrogens is 1. The van der Waals surface area contributed by atoms with Crippen LogP contribution in [0.3, 0.4) is 0 Å². The van der Waals surface area contributed by atoms with Crippen LogP contribution in [-0.4, -0.2) is 29.1 Å². The molecule has 0 unspecified atom stereocenters. The number of benzene rings is 1. The Morgan fingerprint density at radius 1 is 1.07 bits per heavy atom. The average Bonchev–Trinajstić information content (AvgIpc) is 2.82. The SMILES string of the molecule is Cc1cc(B2OC(C)(C)C(C)(C)O2)ccc1C(=O)Cc1cc(C(F)(F)F)ccn1. The molecule has 29 heavy (non-hydrogen) atoms. The first-order chi connectivity index (χ1) is 13.3. The van der Waals surface area contributed by atoms with Gasteiger partial charge in [-0.2, -0.15) is 13.2 Å². The number of pyridine rings is 1. The van der Waals surface area contributed by atoms with E-state index in [1.165, 1.54) is 0 Å². The highest BCUT2D eigenvalue weighted by Crippen LogP contribution is 2.36. The van der Waals surface area contributed by atoms with Crippen molar-refractivity contribution >= 4 is 18.4 Å². The lowest BCUT2D eigenvalue weighted by Gasteiger charge is -2.32. The Morgan fingerprint density at radius 2 is 1.69 bits per heavy atom. The van der Waals surface area contributed by atoms with Crippen molar-refractivity contribution in [2.75, 3.05) is 0 Å². The minimum atomic E-state index is -4.47. The van der Waals surface area contributed by atoms with E-state index in [1.807, 2.05) is 33.8 Å². The molecule has 2 aromatic rings. The Hall–Kier alpha value is -2.19. The van der Waals surface area contributed by atoms with Crippen LogP contribution < -0.4 is 5.46 Å². The van der Waals surface area contributed by atoms with Crippen LogP contribution in [0.4, 0.5) is 13.2 Å². The van der Waals surface area contributed by atoms with E-state index in [0.29, 0.717) is 11.1 Å². The first-order valence-corrected chi connectivity index (χ1v) is 9.32. The number of nitrogens with zero attached hydrogens (tertiary/aromatic N) is 1. The van der Waals surface area contributed by atoms with E-state index in [9.17, 15) is 18.0 Å². The molecular weight excluding hydrogens is 382 g/mol. The second-order valence-corrected chi connectivity index (χ2v) is 8.30. The number of aryl methyl sites for hydroxylation is 1. The van der Waals surface area contributed by atoms with Gasteiger partial charge in [0.1, 0.15) is 0 Å². The highest BCUT2D eigenvalue weighted by Gasteiger charge is 2.51. The van der Waals surface area contributed by atoms with Gasteiger partial charge in [-0.25, -0.2) is 0 Å². The van der Waals surface area contributed by atoms with Crippen LogP contribution in [0.2, 0.25) is 0 Å². The first kappa shape index (κ1) is 21.5. The van der Waals surface area contributed by atoms with Crippen molar-refractivity contribution in [1.82, 2.24) is 4.98 Å². The Balaban J connectivity index is 1.78. The summed E-state index contributed by atoms with van der Waals surface area (Å²) in [6.45, 7) is 9.61. The Kier molecular flexibility index (Phi) is 5.38. The lowest BCUT2D eigenvalue weighted by Crippen LogP contribution is -2.41. The van der Waals surface area contributed by atoms with E-state index in [4.69, 9.17) is 9.31 Å². The molecule has 4 nitrogen and oxygen atoms in total. The molecule has 8 heteroatoms. The molecule has 1 saturated heterocycles. The van der Waals surface area contributed by atoms with E-state index in [0.717, 1.165) is 23.8 Å². The third-order valence-electron chi connectivity index (χ3n) is 5.56. The highest BCUT2D eigenvalue weighted by atomic mass is 19.4. The van der Waals surface area contributed by atoms with Crippen molar-refractivity contribution in [2.45, 2.75) is 58.4 Å². The molecule has 0 bridgehead atoms. The van der Waals surface area contributed by atoms with Gasteiger partial charge in [-0.15, -0.1) is 0 Å². The van der Waals surface area contributed by atoms with Gasteiger partial charge < -0.3 is 9.31 Å². The van der Waals surface area contributed by atoms with Crippen LogP contribution in [0, 0.1) is 6.92 Å². The number of hydrogen-bond donors (Lipinski definition) is 0. The summed E-state index contributed by atoms with van der Waals surface area (Å²) in [5.41, 5.74) is 0.237. The fourth-order valence-electron chi connectivity index (χ4n) is 3.14. The Labute approximate surface area is 168 Å². The molecule has 0 N–H and O–H groups in total. The summed E-state index contributed by atoms with van der Waals surface area (Å²) in [6, 6.07) is 7.02. The molecule has 1 fully saturated rings. The zero-order valence-corrected chi connectivity index (χ0v) is 17.1. The summed E-state index contributed by atoms with van der Waals surface area (Å²) in [7, 11) is -0.548. The lowest BCUT2D eigenvalue weighted by atomic mass is 9.77.